The van der Waals surface area contributed by atoms with Gasteiger partial charge in [0.15, 0.2) is 0 Å². The molecule has 0 N–H and O–H groups in total. The monoisotopic (exact) mass is 158 g/mol. The molecular formula is C10H19F. The van der Waals surface area contributed by atoms with Crippen molar-refractivity contribution in [2.24, 2.45) is 11.8 Å². The average Bonchev–Trinajstić information content (AvgIpc) is 2.05. The second-order valence-corrected chi connectivity index (χ2v) is 3.90. The van der Waals surface area contributed by atoms with Crippen LogP contribution in [-0.4, -0.2) is 6.17 Å². The van der Waals surface area contributed by atoms with Crippen molar-refractivity contribution < 1.29 is 4.39 Å². The van der Waals surface area contributed by atoms with Gasteiger partial charge in [0.2, 0.25) is 0 Å². The smallest absolute Gasteiger partial charge is 0.100 e. The minimum Gasteiger partial charge on any atom is -0.247 e. The first kappa shape index (κ1) is 9.02. The highest BCUT2D eigenvalue weighted by atomic mass is 19.1. The van der Waals surface area contributed by atoms with E-state index in [1.807, 2.05) is 0 Å². The SMILES string of the molecule is CCC(C)C1CCC(F)CC1. The Balaban J connectivity index is 2.27. The lowest BCUT2D eigenvalue weighted by atomic mass is 9.79. The van der Waals surface area contributed by atoms with E-state index in [0.717, 1.165) is 37.5 Å². The molecule has 1 atom stereocenters. The maximum atomic E-state index is 12.7. The Morgan fingerprint density at radius 2 is 1.82 bits per heavy atom. The highest BCUT2D eigenvalue weighted by Crippen LogP contribution is 2.32. The quantitative estimate of drug-likeness (QED) is 0.576. The molecule has 0 bridgehead atoms. The summed E-state index contributed by atoms with van der Waals surface area (Å²) >= 11 is 0. The van der Waals surface area contributed by atoms with Gasteiger partial charge in [0.1, 0.15) is 6.17 Å². The van der Waals surface area contributed by atoms with Gasteiger partial charge in [-0.15, -0.1) is 0 Å². The first-order valence-corrected chi connectivity index (χ1v) is 4.88. The lowest BCUT2D eigenvalue weighted by Crippen LogP contribution is -2.20. The molecule has 0 heterocycles. The van der Waals surface area contributed by atoms with Crippen LogP contribution >= 0.6 is 0 Å². The molecule has 0 amide bonds. The maximum absolute atomic E-state index is 12.7. The van der Waals surface area contributed by atoms with Gasteiger partial charge in [-0.05, 0) is 37.5 Å². The average molecular weight is 158 g/mol. The fraction of sp³-hybridized carbons (Fsp3) is 1.00. The maximum Gasteiger partial charge on any atom is 0.100 e. The second-order valence-electron chi connectivity index (χ2n) is 3.90. The van der Waals surface area contributed by atoms with Gasteiger partial charge in [-0.3, -0.25) is 0 Å². The third-order valence-corrected chi connectivity index (χ3v) is 3.15. The molecule has 1 fully saturated rings. The van der Waals surface area contributed by atoms with Crippen LogP contribution in [0.2, 0.25) is 0 Å². The number of rotatable bonds is 2. The Morgan fingerprint density at radius 1 is 1.27 bits per heavy atom. The Bertz CT molecular complexity index is 103. The molecule has 1 aliphatic carbocycles. The van der Waals surface area contributed by atoms with E-state index in [0.29, 0.717) is 0 Å². The van der Waals surface area contributed by atoms with E-state index >= 15 is 0 Å². The minimum absolute atomic E-state index is 0.490. The van der Waals surface area contributed by atoms with Crippen molar-refractivity contribution >= 4 is 0 Å². The molecule has 0 nitrogen and oxygen atoms in total. The Labute approximate surface area is 69.2 Å². The van der Waals surface area contributed by atoms with Gasteiger partial charge in [-0.1, -0.05) is 20.3 Å². The van der Waals surface area contributed by atoms with Gasteiger partial charge in [-0.2, -0.15) is 0 Å². The first-order chi connectivity index (χ1) is 5.24. The number of hydrogen-bond donors (Lipinski definition) is 0. The highest BCUT2D eigenvalue weighted by molar-refractivity contribution is 4.74. The van der Waals surface area contributed by atoms with E-state index in [2.05, 4.69) is 13.8 Å². The van der Waals surface area contributed by atoms with Crippen LogP contribution < -0.4 is 0 Å². The van der Waals surface area contributed by atoms with Gasteiger partial charge in [-0.25, -0.2) is 4.39 Å². The Kier molecular flexibility index (Phi) is 3.35. The second kappa shape index (κ2) is 4.08. The summed E-state index contributed by atoms with van der Waals surface area (Å²) in [4.78, 5) is 0. The van der Waals surface area contributed by atoms with E-state index in [9.17, 15) is 4.39 Å². The summed E-state index contributed by atoms with van der Waals surface area (Å²) in [6, 6.07) is 0. The third-order valence-electron chi connectivity index (χ3n) is 3.15. The fourth-order valence-corrected chi connectivity index (χ4v) is 1.98. The normalized spacial score (nSPS) is 35.2. The summed E-state index contributed by atoms with van der Waals surface area (Å²) in [6.07, 6.45) is 4.63. The molecule has 1 aliphatic rings. The van der Waals surface area contributed by atoms with E-state index in [4.69, 9.17) is 0 Å². The third kappa shape index (κ3) is 2.46. The van der Waals surface area contributed by atoms with Crippen LogP contribution in [0.3, 0.4) is 0 Å². The van der Waals surface area contributed by atoms with Crippen molar-refractivity contribution in [1.82, 2.24) is 0 Å². The molecule has 1 unspecified atom stereocenters. The predicted molar refractivity (Wildman–Crippen MR) is 46.3 cm³/mol. The van der Waals surface area contributed by atoms with Gasteiger partial charge in [0.05, 0.1) is 0 Å². The Hall–Kier alpha value is -0.0700. The van der Waals surface area contributed by atoms with Crippen LogP contribution in [0.25, 0.3) is 0 Å². The van der Waals surface area contributed by atoms with Crippen molar-refractivity contribution in [1.29, 1.82) is 0 Å². The van der Waals surface area contributed by atoms with Crippen molar-refractivity contribution in [2.45, 2.75) is 52.1 Å². The first-order valence-electron chi connectivity index (χ1n) is 4.88. The summed E-state index contributed by atoms with van der Waals surface area (Å²) in [5.41, 5.74) is 0. The minimum atomic E-state index is -0.490. The van der Waals surface area contributed by atoms with Crippen LogP contribution in [0.4, 0.5) is 4.39 Å². The van der Waals surface area contributed by atoms with E-state index in [1.54, 1.807) is 0 Å². The zero-order chi connectivity index (χ0) is 8.27. The Morgan fingerprint density at radius 3 is 2.27 bits per heavy atom. The van der Waals surface area contributed by atoms with Gasteiger partial charge < -0.3 is 0 Å². The zero-order valence-corrected chi connectivity index (χ0v) is 7.65. The van der Waals surface area contributed by atoms with Gasteiger partial charge in [0, 0.05) is 0 Å². The van der Waals surface area contributed by atoms with E-state index < -0.39 is 6.17 Å². The van der Waals surface area contributed by atoms with E-state index in [1.165, 1.54) is 6.42 Å². The van der Waals surface area contributed by atoms with Crippen LogP contribution in [0.15, 0.2) is 0 Å². The summed E-state index contributed by atoms with van der Waals surface area (Å²) < 4.78 is 12.7. The molecule has 0 aliphatic heterocycles. The van der Waals surface area contributed by atoms with Crippen molar-refractivity contribution in [2.75, 3.05) is 0 Å². The van der Waals surface area contributed by atoms with Crippen molar-refractivity contribution in [3.8, 4) is 0 Å². The topological polar surface area (TPSA) is 0 Å². The molecule has 66 valence electrons. The van der Waals surface area contributed by atoms with Gasteiger partial charge >= 0.3 is 0 Å². The summed E-state index contributed by atoms with van der Waals surface area (Å²) in [5.74, 6) is 1.62. The molecular weight excluding hydrogens is 139 g/mol. The summed E-state index contributed by atoms with van der Waals surface area (Å²) in [6.45, 7) is 4.52. The molecule has 0 saturated heterocycles. The number of halogens is 1. The molecule has 1 rings (SSSR count). The molecule has 11 heavy (non-hydrogen) atoms. The number of hydrogen-bond acceptors (Lipinski definition) is 0. The molecule has 0 aromatic carbocycles. The lowest BCUT2D eigenvalue weighted by Gasteiger charge is -2.28. The highest BCUT2D eigenvalue weighted by Gasteiger charge is 2.23. The van der Waals surface area contributed by atoms with Crippen molar-refractivity contribution in [3.05, 3.63) is 0 Å². The molecule has 1 heteroatoms. The van der Waals surface area contributed by atoms with Crippen LogP contribution in [0.1, 0.15) is 46.0 Å². The number of alkyl halides is 1. The van der Waals surface area contributed by atoms with Gasteiger partial charge in [0.25, 0.3) is 0 Å². The lowest BCUT2D eigenvalue weighted by molar-refractivity contribution is 0.170. The van der Waals surface area contributed by atoms with E-state index in [-0.39, 0.29) is 0 Å². The largest absolute Gasteiger partial charge is 0.247 e. The van der Waals surface area contributed by atoms with Crippen LogP contribution in [0, 0.1) is 11.8 Å². The standard InChI is InChI=1S/C10H19F/c1-3-8(2)9-4-6-10(11)7-5-9/h8-10H,3-7H2,1-2H3. The summed E-state index contributed by atoms with van der Waals surface area (Å²) in [5, 5.41) is 0. The molecule has 0 aromatic rings. The predicted octanol–water partition coefficient (Wildman–Crippen LogP) is 3.56. The molecule has 0 aromatic heterocycles. The van der Waals surface area contributed by atoms with Crippen LogP contribution in [-0.2, 0) is 0 Å². The fourth-order valence-electron chi connectivity index (χ4n) is 1.98. The van der Waals surface area contributed by atoms with Crippen molar-refractivity contribution in [3.63, 3.8) is 0 Å². The van der Waals surface area contributed by atoms with Crippen LogP contribution in [0.5, 0.6) is 0 Å². The molecule has 0 radical (unpaired) electrons. The zero-order valence-electron chi connectivity index (χ0n) is 7.65. The molecule has 1 saturated carbocycles. The molecule has 0 spiro atoms. The summed E-state index contributed by atoms with van der Waals surface area (Å²) in [7, 11) is 0.